The molecule has 1 aromatic rings. The van der Waals surface area contributed by atoms with Crippen LogP contribution in [0.2, 0.25) is 0 Å². The lowest BCUT2D eigenvalue weighted by Crippen LogP contribution is -2.41. The predicted molar refractivity (Wildman–Crippen MR) is 131 cm³/mol. The number of hydrogen-bond acceptors (Lipinski definition) is 7. The minimum Gasteiger partial charge on any atom is -0.462 e. The van der Waals surface area contributed by atoms with E-state index in [1.165, 1.54) is 11.3 Å². The monoisotopic (exact) mass is 466 g/mol. The molecule has 174 valence electrons. The Morgan fingerprint density at radius 2 is 1.82 bits per heavy atom. The summed E-state index contributed by atoms with van der Waals surface area (Å²) >= 11 is 1.46. The molecule has 0 spiro atoms. The van der Waals surface area contributed by atoms with Gasteiger partial charge in [-0.1, -0.05) is 37.3 Å². The fraction of sp³-hybridized carbons (Fsp3) is 0.520. The van der Waals surface area contributed by atoms with Crippen molar-refractivity contribution >= 4 is 29.4 Å². The molecular formula is C25H31BN2O4S. The Morgan fingerprint density at radius 1 is 1.09 bits per heavy atom. The molecule has 8 heteroatoms. The van der Waals surface area contributed by atoms with Crippen molar-refractivity contribution in [2.24, 2.45) is 5.41 Å². The van der Waals surface area contributed by atoms with Crippen molar-refractivity contribution < 1.29 is 18.8 Å². The number of rotatable bonds is 3. The molecule has 6 nitrogen and oxygen atoms in total. The highest BCUT2D eigenvalue weighted by Crippen LogP contribution is 2.43. The molecule has 0 saturated carbocycles. The van der Waals surface area contributed by atoms with E-state index in [0.29, 0.717) is 6.42 Å². The van der Waals surface area contributed by atoms with Crippen LogP contribution in [0.25, 0.3) is 0 Å². The third kappa shape index (κ3) is 4.02. The van der Waals surface area contributed by atoms with Crippen molar-refractivity contribution in [1.29, 1.82) is 0 Å². The van der Waals surface area contributed by atoms with Crippen LogP contribution in [0.4, 0.5) is 5.13 Å². The van der Waals surface area contributed by atoms with E-state index in [4.69, 9.17) is 19.0 Å². The van der Waals surface area contributed by atoms with Crippen LogP contribution >= 0.6 is 11.3 Å². The fourth-order valence-electron chi connectivity index (χ4n) is 4.59. The van der Waals surface area contributed by atoms with E-state index in [9.17, 15) is 4.79 Å². The fourth-order valence-corrected chi connectivity index (χ4v) is 5.57. The number of fused-ring (bicyclic) bond motifs is 1. The van der Waals surface area contributed by atoms with Gasteiger partial charge in [0.2, 0.25) is 0 Å². The number of carbonyl (C=O) groups is 1. The van der Waals surface area contributed by atoms with E-state index in [2.05, 4.69) is 53.7 Å². The summed E-state index contributed by atoms with van der Waals surface area (Å²) in [7, 11) is -0.447. The molecule has 33 heavy (non-hydrogen) atoms. The maximum absolute atomic E-state index is 12.7. The Hall–Kier alpha value is -2.16. The van der Waals surface area contributed by atoms with Gasteiger partial charge in [-0.25, -0.2) is 4.98 Å². The summed E-state index contributed by atoms with van der Waals surface area (Å²) in [6, 6.07) is 0. The summed E-state index contributed by atoms with van der Waals surface area (Å²) in [6.45, 7) is 12.5. The molecule has 1 saturated heterocycles. The number of ether oxygens (including phenoxy) is 1. The third-order valence-corrected chi connectivity index (χ3v) is 8.28. The van der Waals surface area contributed by atoms with Gasteiger partial charge >= 0.3 is 7.12 Å². The average molecular weight is 466 g/mol. The molecule has 0 radical (unpaired) electrons. The highest BCUT2D eigenvalue weighted by atomic mass is 32.1. The zero-order chi connectivity index (χ0) is 23.6. The molecular weight excluding hydrogens is 435 g/mol. The second-order valence-electron chi connectivity index (χ2n) is 11.0. The molecule has 2 aliphatic carbocycles. The van der Waals surface area contributed by atoms with Crippen LogP contribution in [-0.2, 0) is 20.5 Å². The van der Waals surface area contributed by atoms with Gasteiger partial charge in [-0.3, -0.25) is 9.69 Å². The zero-order valence-corrected chi connectivity index (χ0v) is 21.0. The average Bonchev–Trinajstić information content (AvgIpc) is 3.25. The van der Waals surface area contributed by atoms with Crippen LogP contribution in [-0.4, -0.2) is 29.1 Å². The first-order chi connectivity index (χ1) is 15.5. The summed E-state index contributed by atoms with van der Waals surface area (Å²) in [5, 5.41) is 0.784. The van der Waals surface area contributed by atoms with Crippen molar-refractivity contribution in [2.45, 2.75) is 78.4 Å². The summed E-state index contributed by atoms with van der Waals surface area (Å²) in [4.78, 5) is 20.2. The van der Waals surface area contributed by atoms with Gasteiger partial charge < -0.3 is 14.0 Å². The molecule has 3 heterocycles. The number of ketones is 1. The molecule has 1 fully saturated rings. The van der Waals surface area contributed by atoms with Crippen molar-refractivity contribution in [2.75, 3.05) is 4.90 Å². The summed E-state index contributed by atoms with van der Waals surface area (Å²) in [5.41, 5.74) is 2.11. The molecule has 0 aromatic carbocycles. The molecule has 0 unspecified atom stereocenters. The second-order valence-corrected chi connectivity index (χ2v) is 12.0. The minimum atomic E-state index is -0.447. The minimum absolute atomic E-state index is 0.0474. The van der Waals surface area contributed by atoms with Crippen LogP contribution in [0.5, 0.6) is 0 Å². The first kappa shape index (κ1) is 22.6. The Balaban J connectivity index is 1.47. The molecule has 0 bridgehead atoms. The number of nitrogens with zero attached hydrogens (tertiary/aromatic N) is 2. The molecule has 1 aromatic heterocycles. The zero-order valence-electron chi connectivity index (χ0n) is 20.2. The van der Waals surface area contributed by atoms with Crippen LogP contribution in [0.1, 0.15) is 76.2 Å². The first-order valence-electron chi connectivity index (χ1n) is 11.6. The third-order valence-electron chi connectivity index (χ3n) is 7.13. The first-order valence-corrected chi connectivity index (χ1v) is 12.4. The van der Waals surface area contributed by atoms with Crippen LogP contribution in [0.15, 0.2) is 47.6 Å². The lowest BCUT2D eigenvalue weighted by atomic mass is 9.72. The van der Waals surface area contributed by atoms with Gasteiger partial charge in [0, 0.05) is 12.6 Å². The number of aromatic nitrogens is 1. The predicted octanol–water partition coefficient (Wildman–Crippen LogP) is 5.73. The Labute approximate surface area is 200 Å². The number of allylic oxidation sites excluding steroid dienone is 4. The van der Waals surface area contributed by atoms with E-state index < -0.39 is 18.3 Å². The van der Waals surface area contributed by atoms with Crippen LogP contribution in [0, 0.1) is 5.41 Å². The number of Topliss-reactive ketones (excluding diaryl/α,β-unsaturated/α-hetero) is 1. The van der Waals surface area contributed by atoms with Gasteiger partial charge in [-0.15, -0.1) is 0 Å². The van der Waals surface area contributed by atoms with Gasteiger partial charge in [0.25, 0.3) is 0 Å². The number of hydrogen-bond donors (Lipinski definition) is 0. The van der Waals surface area contributed by atoms with Gasteiger partial charge in [-0.05, 0) is 63.4 Å². The van der Waals surface area contributed by atoms with Gasteiger partial charge in [0.1, 0.15) is 12.0 Å². The summed E-state index contributed by atoms with van der Waals surface area (Å²) in [6.07, 6.45) is 12.9. The maximum atomic E-state index is 12.7. The van der Waals surface area contributed by atoms with E-state index >= 15 is 0 Å². The van der Waals surface area contributed by atoms with Crippen molar-refractivity contribution in [3.63, 3.8) is 0 Å². The van der Waals surface area contributed by atoms with Crippen molar-refractivity contribution in [3.8, 4) is 0 Å². The van der Waals surface area contributed by atoms with Gasteiger partial charge in [0.15, 0.2) is 10.9 Å². The number of thiazole rings is 1. The number of anilines is 1. The molecule has 0 amide bonds. The molecule has 4 aliphatic rings. The quantitative estimate of drug-likeness (QED) is 0.531. The smallest absolute Gasteiger partial charge is 0.462 e. The molecule has 0 N–H and O–H groups in total. The van der Waals surface area contributed by atoms with Crippen molar-refractivity contribution in [3.05, 3.63) is 58.2 Å². The molecule has 0 atom stereocenters. The topological polar surface area (TPSA) is 60.9 Å². The van der Waals surface area contributed by atoms with E-state index in [1.807, 2.05) is 17.3 Å². The summed E-state index contributed by atoms with van der Waals surface area (Å²) < 4.78 is 18.6. The lowest BCUT2D eigenvalue weighted by Gasteiger charge is -2.32. The Bertz CT molecular complexity index is 1110. The van der Waals surface area contributed by atoms with Gasteiger partial charge in [-0.2, -0.15) is 0 Å². The maximum Gasteiger partial charge on any atom is 0.495 e. The number of carbonyl (C=O) groups excluding carboxylic acids is 1. The Morgan fingerprint density at radius 3 is 2.55 bits per heavy atom. The normalized spacial score (nSPS) is 25.3. The van der Waals surface area contributed by atoms with Crippen molar-refractivity contribution in [1.82, 2.24) is 4.98 Å². The highest BCUT2D eigenvalue weighted by Gasteiger charge is 2.52. The van der Waals surface area contributed by atoms with Gasteiger partial charge in [0.05, 0.1) is 28.0 Å². The lowest BCUT2D eigenvalue weighted by molar-refractivity contribution is 0.00578. The molecule has 2 aliphatic heterocycles. The van der Waals surface area contributed by atoms with E-state index in [0.717, 1.165) is 51.8 Å². The SMILES string of the molecule is CC1(C)CC(=O)c2sc(N3C=COC(C4=C(B5OC(C)(C)C(C)(C)O5)C=CCC4)=C3)nc2C1. The highest BCUT2D eigenvalue weighted by molar-refractivity contribution is 7.17. The van der Waals surface area contributed by atoms with Crippen LogP contribution in [0.3, 0.4) is 0 Å². The Kier molecular flexibility index (Phi) is 5.27. The largest absolute Gasteiger partial charge is 0.495 e. The molecule has 5 rings (SSSR count). The standard InChI is InChI=1S/C25H31BN2O4S/c1-23(2)13-18-21(19(29)14-23)33-22(27-18)28-11-12-30-20(15-28)16-9-7-8-10-17(16)26-31-24(3,4)25(5,6)32-26/h8,10-12,15H,7,9,13-14H2,1-6H3. The second kappa shape index (κ2) is 7.68. The van der Waals surface area contributed by atoms with E-state index in [-0.39, 0.29) is 11.2 Å². The van der Waals surface area contributed by atoms with Crippen LogP contribution < -0.4 is 4.90 Å². The summed E-state index contributed by atoms with van der Waals surface area (Å²) in [5.74, 6) is 0.945. The van der Waals surface area contributed by atoms with E-state index in [1.54, 1.807) is 6.26 Å².